The maximum absolute atomic E-state index is 14.7. The number of fused-ring (bicyclic) bond motifs is 2. The normalized spacial score (nSPS) is 19.1. The van der Waals surface area contributed by atoms with Crippen LogP contribution in [0, 0.1) is 0 Å². The number of rotatable bonds is 11. The first-order valence-corrected chi connectivity index (χ1v) is 21.4. The molecular formula is C42H42Cl2F6N12O4. The summed E-state index contributed by atoms with van der Waals surface area (Å²) in [5.41, 5.74) is -3.33. The van der Waals surface area contributed by atoms with Gasteiger partial charge in [0.25, 0.3) is 0 Å². The van der Waals surface area contributed by atoms with Gasteiger partial charge in [0.2, 0.25) is 11.9 Å². The Morgan fingerprint density at radius 1 is 0.788 bits per heavy atom. The molecule has 0 saturated carbocycles. The van der Waals surface area contributed by atoms with Gasteiger partial charge in [-0.05, 0) is 57.7 Å². The van der Waals surface area contributed by atoms with Gasteiger partial charge >= 0.3 is 24.5 Å². The number of benzene rings is 2. The SMILES string of the molecule is COC(=O)Nc1ccc2c(-c3nc(N[C@H]4CCC(C)(CCOC(=O)Nc5ccc6c(-c7nc(NC8CCCNC8)ncc7Cl)c[nH]c6c5C(F)(F)F)NC4)ncc3Cl)c[nH]c2c1C(F)(F)F. The number of alkyl halides is 6. The first-order valence-electron chi connectivity index (χ1n) is 20.7. The average Bonchev–Trinajstić information content (AvgIpc) is 3.89. The fourth-order valence-electron chi connectivity index (χ4n) is 8.24. The second kappa shape index (κ2) is 18.6. The lowest BCUT2D eigenvalue weighted by Gasteiger charge is -2.38. The number of hydrogen-bond acceptors (Lipinski definition) is 12. The van der Waals surface area contributed by atoms with E-state index in [1.54, 1.807) is 0 Å². The molecule has 0 spiro atoms. The summed E-state index contributed by atoms with van der Waals surface area (Å²) in [6.07, 6.45) is -3.06. The fourth-order valence-corrected chi connectivity index (χ4v) is 8.63. The minimum absolute atomic E-state index is 0.0784. The molecule has 2 amide bonds. The third kappa shape index (κ3) is 10.0. The number of hydrogen-bond donors (Lipinski definition) is 8. The highest BCUT2D eigenvalue weighted by Crippen LogP contribution is 2.45. The van der Waals surface area contributed by atoms with Crippen LogP contribution >= 0.6 is 23.2 Å². The van der Waals surface area contributed by atoms with Crippen LogP contribution in [0.1, 0.15) is 50.2 Å². The summed E-state index contributed by atoms with van der Waals surface area (Å²) in [5, 5.41) is 18.1. The van der Waals surface area contributed by atoms with Crippen molar-refractivity contribution >= 4 is 80.5 Å². The summed E-state index contributed by atoms with van der Waals surface area (Å²) in [6.45, 7) is 3.84. The van der Waals surface area contributed by atoms with Gasteiger partial charge in [-0.25, -0.2) is 29.5 Å². The van der Waals surface area contributed by atoms with Gasteiger partial charge in [-0.3, -0.25) is 10.6 Å². The molecule has 24 heteroatoms. The van der Waals surface area contributed by atoms with Crippen LogP contribution in [-0.2, 0) is 21.8 Å². The molecule has 2 aromatic carbocycles. The minimum atomic E-state index is -4.88. The van der Waals surface area contributed by atoms with Crippen molar-refractivity contribution < 1.29 is 45.4 Å². The summed E-state index contributed by atoms with van der Waals surface area (Å²) in [5.74, 6) is 0.457. The Labute approximate surface area is 381 Å². The highest BCUT2D eigenvalue weighted by molar-refractivity contribution is 6.33. The zero-order chi connectivity index (χ0) is 47.0. The number of carbonyl (C=O) groups excluding carboxylic acids is 2. The van der Waals surface area contributed by atoms with E-state index in [9.17, 15) is 35.9 Å². The number of amides is 2. The molecule has 0 bridgehead atoms. The smallest absolute Gasteiger partial charge is 0.420 e. The zero-order valence-electron chi connectivity index (χ0n) is 35.1. The third-order valence-electron chi connectivity index (χ3n) is 11.6. The predicted molar refractivity (Wildman–Crippen MR) is 237 cm³/mol. The van der Waals surface area contributed by atoms with Crippen LogP contribution in [0.25, 0.3) is 44.3 Å². The molecular weight excluding hydrogens is 921 g/mol. The Balaban J connectivity index is 0.883. The summed E-state index contributed by atoms with van der Waals surface area (Å²) in [7, 11) is 1.03. The van der Waals surface area contributed by atoms with Gasteiger partial charge in [-0.15, -0.1) is 0 Å². The van der Waals surface area contributed by atoms with E-state index in [4.69, 9.17) is 27.9 Å². The van der Waals surface area contributed by atoms with Gasteiger partial charge in [-0.1, -0.05) is 35.3 Å². The molecule has 2 fully saturated rings. The van der Waals surface area contributed by atoms with E-state index >= 15 is 0 Å². The molecule has 66 heavy (non-hydrogen) atoms. The van der Waals surface area contributed by atoms with E-state index in [1.807, 2.05) is 6.92 Å². The molecule has 0 radical (unpaired) electrons. The summed E-state index contributed by atoms with van der Waals surface area (Å²) < 4.78 is 96.5. The molecule has 3 atom stereocenters. The van der Waals surface area contributed by atoms with Crippen molar-refractivity contribution in [3.8, 4) is 22.5 Å². The molecule has 16 nitrogen and oxygen atoms in total. The van der Waals surface area contributed by atoms with Crippen molar-refractivity contribution in [2.45, 2.75) is 69.0 Å². The number of aromatic nitrogens is 6. The molecule has 8 rings (SSSR count). The lowest BCUT2D eigenvalue weighted by molar-refractivity contribution is -0.136. The van der Waals surface area contributed by atoms with Crippen LogP contribution < -0.4 is 31.9 Å². The number of aromatic amines is 2. The van der Waals surface area contributed by atoms with Crippen molar-refractivity contribution in [2.24, 2.45) is 0 Å². The summed E-state index contributed by atoms with van der Waals surface area (Å²) in [6, 6.07) is 4.98. The Kier molecular flexibility index (Phi) is 13.1. The van der Waals surface area contributed by atoms with Gasteiger partial charge in [0.1, 0.15) is 11.1 Å². The lowest BCUT2D eigenvalue weighted by Crippen LogP contribution is -2.53. The van der Waals surface area contributed by atoms with Crippen molar-refractivity contribution in [1.82, 2.24) is 40.5 Å². The van der Waals surface area contributed by atoms with E-state index in [1.165, 1.54) is 36.9 Å². The van der Waals surface area contributed by atoms with Gasteiger partial charge in [0.05, 0.1) is 70.0 Å². The third-order valence-corrected chi connectivity index (χ3v) is 12.2. The van der Waals surface area contributed by atoms with Gasteiger partial charge in [0.15, 0.2) is 0 Å². The molecule has 2 unspecified atom stereocenters. The Morgan fingerprint density at radius 3 is 1.79 bits per heavy atom. The standard InChI is InChI=1S/C42H42Cl2F6N12O4/c1-40(10-9-21(15-56-40)58-37-55-19-27(44)33(62-37)24-16-52-34-22(24)5-7-28(59-38(63)65-2)30(34)41(45,46)47)11-13-66-39(64)60-29-8-6-23-25(17-53-35(23)31(29)42(48,49)50)32-26(43)18-54-36(61-32)57-20-4-3-12-51-14-20/h5-8,16-21,51-53,56H,3-4,9-15H2,1-2H3,(H,59,63)(H,60,64)(H,54,57,61)(H,55,58,62)/t20?,21-,40?/m0/s1. The van der Waals surface area contributed by atoms with Crippen molar-refractivity contribution in [3.63, 3.8) is 0 Å². The number of methoxy groups -OCH3 is 1. The van der Waals surface area contributed by atoms with Crippen LogP contribution in [0.2, 0.25) is 10.0 Å². The maximum Gasteiger partial charge on any atom is 0.420 e. The van der Waals surface area contributed by atoms with E-state index in [-0.39, 0.29) is 73.4 Å². The molecule has 8 N–H and O–H groups in total. The monoisotopic (exact) mass is 962 g/mol. The number of nitrogens with zero attached hydrogens (tertiary/aromatic N) is 4. The number of anilines is 4. The van der Waals surface area contributed by atoms with Crippen LogP contribution in [0.4, 0.5) is 59.2 Å². The highest BCUT2D eigenvalue weighted by atomic mass is 35.5. The van der Waals surface area contributed by atoms with Crippen LogP contribution in [-0.4, -0.2) is 93.1 Å². The Morgan fingerprint density at radius 2 is 1.32 bits per heavy atom. The first-order chi connectivity index (χ1) is 31.4. The zero-order valence-corrected chi connectivity index (χ0v) is 36.6. The van der Waals surface area contributed by atoms with E-state index in [0.29, 0.717) is 43.9 Å². The van der Waals surface area contributed by atoms with Gasteiger partial charge < -0.3 is 40.7 Å². The molecule has 4 aromatic heterocycles. The topological polar surface area (TPSA) is 208 Å². The molecule has 6 aromatic rings. The average molecular weight is 964 g/mol. The molecule has 350 valence electrons. The van der Waals surface area contributed by atoms with Crippen LogP contribution in [0.15, 0.2) is 49.1 Å². The molecule has 6 heterocycles. The molecule has 2 aliphatic heterocycles. The molecule has 2 aliphatic rings. The fraction of sp³-hybridized carbons (Fsp3) is 0.381. The van der Waals surface area contributed by atoms with E-state index in [0.717, 1.165) is 38.6 Å². The second-order valence-corrected chi connectivity index (χ2v) is 17.0. The Bertz CT molecular complexity index is 2770. The van der Waals surface area contributed by atoms with Gasteiger partial charge in [0, 0.05) is 65.0 Å². The lowest BCUT2D eigenvalue weighted by atomic mass is 9.86. The Hall–Kier alpha value is -6.10. The minimum Gasteiger partial charge on any atom is -0.453 e. The summed E-state index contributed by atoms with van der Waals surface area (Å²) >= 11 is 12.9. The molecule has 0 aliphatic carbocycles. The van der Waals surface area contributed by atoms with Crippen LogP contribution in [0.3, 0.4) is 0 Å². The van der Waals surface area contributed by atoms with Crippen molar-refractivity contribution in [2.75, 3.05) is 54.6 Å². The number of piperidine rings is 2. The number of halogens is 8. The van der Waals surface area contributed by atoms with E-state index in [2.05, 4.69) is 66.5 Å². The van der Waals surface area contributed by atoms with E-state index < -0.39 is 52.6 Å². The molecule has 2 saturated heterocycles. The number of carbonyl (C=O) groups is 2. The number of ether oxygens (including phenoxy) is 2. The van der Waals surface area contributed by atoms with Crippen LogP contribution in [0.5, 0.6) is 0 Å². The van der Waals surface area contributed by atoms with Crippen molar-refractivity contribution in [1.29, 1.82) is 0 Å². The predicted octanol–water partition coefficient (Wildman–Crippen LogP) is 9.81. The van der Waals surface area contributed by atoms with Gasteiger partial charge in [-0.2, -0.15) is 26.3 Å². The maximum atomic E-state index is 14.7. The highest BCUT2D eigenvalue weighted by Gasteiger charge is 2.39. The van der Waals surface area contributed by atoms with Crippen molar-refractivity contribution in [3.05, 3.63) is 70.2 Å². The summed E-state index contributed by atoms with van der Waals surface area (Å²) in [4.78, 5) is 47.7. The second-order valence-electron chi connectivity index (χ2n) is 16.1. The number of H-pyrrole nitrogens is 2. The first kappa shape index (κ1) is 46.4. The quantitative estimate of drug-likeness (QED) is 0.0571. The number of nitrogens with one attached hydrogen (secondary N) is 8. The largest absolute Gasteiger partial charge is 0.453 e.